The summed E-state index contributed by atoms with van der Waals surface area (Å²) in [4.78, 5) is 34.6. The Morgan fingerprint density at radius 1 is 1.04 bits per heavy atom. The van der Waals surface area contributed by atoms with Crippen LogP contribution >= 0.6 is 0 Å². The van der Waals surface area contributed by atoms with Crippen LogP contribution in [-0.4, -0.2) is 77.8 Å². The molecular formula is C36H56O9. The van der Waals surface area contributed by atoms with Gasteiger partial charge in [0.15, 0.2) is 12.4 Å². The lowest BCUT2D eigenvalue weighted by molar-refractivity contribution is -0.224. The Bertz CT molecular complexity index is 1200. The minimum atomic E-state index is -1.28. The van der Waals surface area contributed by atoms with Crippen LogP contribution in [0.3, 0.4) is 0 Å². The number of hydrogen-bond acceptors (Lipinski definition) is 9. The molecule has 0 aromatic heterocycles. The van der Waals surface area contributed by atoms with Crippen LogP contribution in [0.4, 0.5) is 0 Å². The number of esters is 1. The van der Waals surface area contributed by atoms with Crippen molar-refractivity contribution in [3.8, 4) is 0 Å². The molecular weight excluding hydrogens is 576 g/mol. The second-order valence-corrected chi connectivity index (χ2v) is 17.4. The number of fused-ring (bicyclic) bond motifs is 4. The van der Waals surface area contributed by atoms with Crippen LogP contribution in [-0.2, 0) is 33.3 Å². The fourth-order valence-electron chi connectivity index (χ4n) is 13.0. The summed E-state index contributed by atoms with van der Waals surface area (Å²) in [6.07, 6.45) is 5.71. The van der Waals surface area contributed by atoms with Gasteiger partial charge in [-0.1, -0.05) is 34.6 Å². The molecule has 1 saturated heterocycles. The third-order valence-electron chi connectivity index (χ3n) is 14.8. The first kappa shape index (κ1) is 33.5. The Balaban J connectivity index is 1.27. The molecule has 6 fully saturated rings. The van der Waals surface area contributed by atoms with Crippen molar-refractivity contribution >= 4 is 18.5 Å². The second kappa shape index (κ2) is 10.8. The van der Waals surface area contributed by atoms with E-state index in [-0.39, 0.29) is 57.7 Å². The van der Waals surface area contributed by atoms with Crippen molar-refractivity contribution in [2.75, 3.05) is 6.61 Å². The molecule has 0 radical (unpaired) electrons. The summed E-state index contributed by atoms with van der Waals surface area (Å²) < 4.78 is 24.0. The summed E-state index contributed by atoms with van der Waals surface area (Å²) in [5.74, 6) is 0.748. The first-order chi connectivity index (χ1) is 20.9. The normalized spacial score (nSPS) is 49.2. The monoisotopic (exact) mass is 632 g/mol. The molecule has 5 unspecified atom stereocenters. The fourth-order valence-corrected chi connectivity index (χ4v) is 13.0. The van der Waals surface area contributed by atoms with E-state index in [0.717, 1.165) is 38.5 Å². The molecule has 9 nitrogen and oxygen atoms in total. The smallest absolute Gasteiger partial charge is 0.303 e. The van der Waals surface area contributed by atoms with E-state index >= 15 is 0 Å². The van der Waals surface area contributed by atoms with Crippen LogP contribution in [0.25, 0.3) is 0 Å². The zero-order chi connectivity index (χ0) is 33.0. The van der Waals surface area contributed by atoms with Gasteiger partial charge in [0.05, 0.1) is 30.0 Å². The Labute approximate surface area is 268 Å². The van der Waals surface area contributed by atoms with E-state index in [1.54, 1.807) is 13.8 Å². The lowest BCUT2D eigenvalue weighted by atomic mass is 9.41. The number of hydrogen-bond donors (Lipinski definition) is 2. The van der Waals surface area contributed by atoms with Crippen molar-refractivity contribution in [2.24, 2.45) is 50.7 Å². The third-order valence-corrected chi connectivity index (χ3v) is 14.8. The van der Waals surface area contributed by atoms with Crippen molar-refractivity contribution in [3.63, 3.8) is 0 Å². The number of carbonyl (C=O) groups is 3. The van der Waals surface area contributed by atoms with Gasteiger partial charge in [-0.15, -0.1) is 0 Å². The van der Waals surface area contributed by atoms with Crippen LogP contribution in [0, 0.1) is 50.7 Å². The molecule has 6 rings (SSSR count). The number of ether oxygens (including phenoxy) is 4. The summed E-state index contributed by atoms with van der Waals surface area (Å²) in [5, 5.41) is 23.4. The number of carbonyl (C=O) groups excluding carboxylic acids is 3. The van der Waals surface area contributed by atoms with Crippen molar-refractivity contribution < 1.29 is 43.5 Å². The van der Waals surface area contributed by atoms with Crippen LogP contribution in [0.15, 0.2) is 0 Å². The lowest BCUT2D eigenvalue weighted by Gasteiger charge is -2.63. The van der Waals surface area contributed by atoms with Gasteiger partial charge in [-0.05, 0) is 111 Å². The molecule has 14 atom stereocenters. The summed E-state index contributed by atoms with van der Waals surface area (Å²) >= 11 is 0. The Morgan fingerprint density at radius 3 is 2.33 bits per heavy atom. The number of aliphatic hydroxyl groups excluding tert-OH is 1. The van der Waals surface area contributed by atoms with Gasteiger partial charge in [0, 0.05) is 12.3 Å². The van der Waals surface area contributed by atoms with Gasteiger partial charge >= 0.3 is 5.97 Å². The van der Waals surface area contributed by atoms with Gasteiger partial charge in [-0.25, -0.2) is 0 Å². The maximum atomic E-state index is 12.5. The lowest BCUT2D eigenvalue weighted by Crippen LogP contribution is -2.60. The largest absolute Gasteiger partial charge is 0.457 e. The van der Waals surface area contributed by atoms with E-state index in [4.69, 9.17) is 18.9 Å². The highest BCUT2D eigenvalue weighted by Gasteiger charge is 2.84. The standard InChI is InChI=1S/C36H56O9/c1-20-17-22(30(32(5,6)41)43-21(2)39)44-28-27(20)33(7)13-14-36-19-35(36)12-11-25(45-26(18-38)42-16-15-37)31(3,4)23(35)9-10-24(36)34(33,8)29(28)40/h15,18,20,22-30,40-41H,9-14,16-17,19H2,1-8H3/t20-,22?,23+,24+,25+,26+,27?,28?,29+,30+,33-,34-,35?,36?/m1/s1. The first-order valence-corrected chi connectivity index (χ1v) is 17.3. The van der Waals surface area contributed by atoms with E-state index in [1.165, 1.54) is 13.3 Å². The van der Waals surface area contributed by atoms with Crippen molar-refractivity contribution in [1.29, 1.82) is 0 Å². The second-order valence-electron chi connectivity index (χ2n) is 17.4. The maximum Gasteiger partial charge on any atom is 0.303 e. The first-order valence-electron chi connectivity index (χ1n) is 17.3. The zero-order valence-corrected chi connectivity index (χ0v) is 28.5. The van der Waals surface area contributed by atoms with E-state index in [1.807, 2.05) is 0 Å². The molecule has 5 saturated carbocycles. The highest BCUT2D eigenvalue weighted by molar-refractivity contribution is 5.66. The van der Waals surface area contributed by atoms with Crippen LogP contribution in [0.2, 0.25) is 0 Å². The van der Waals surface area contributed by atoms with Gasteiger partial charge < -0.3 is 34.0 Å². The average molecular weight is 633 g/mol. The van der Waals surface area contributed by atoms with Gasteiger partial charge in [0.25, 0.3) is 0 Å². The van der Waals surface area contributed by atoms with Crippen LogP contribution in [0.5, 0.6) is 0 Å². The molecule has 0 amide bonds. The summed E-state index contributed by atoms with van der Waals surface area (Å²) in [6.45, 7) is 16.1. The molecule has 6 aliphatic rings. The number of aldehydes is 2. The van der Waals surface area contributed by atoms with E-state index in [2.05, 4.69) is 34.6 Å². The van der Waals surface area contributed by atoms with Gasteiger partial charge in [-0.2, -0.15) is 0 Å². The summed E-state index contributed by atoms with van der Waals surface area (Å²) in [7, 11) is 0. The topological polar surface area (TPSA) is 129 Å². The molecule has 1 aliphatic heterocycles. The van der Waals surface area contributed by atoms with Crippen molar-refractivity contribution in [1.82, 2.24) is 0 Å². The minimum absolute atomic E-state index is 0.109. The maximum absolute atomic E-state index is 12.5. The summed E-state index contributed by atoms with van der Waals surface area (Å²) in [5.41, 5.74) is -1.55. The average Bonchev–Trinajstić information content (AvgIpc) is 3.59. The third kappa shape index (κ3) is 4.53. The molecule has 0 aromatic rings. The van der Waals surface area contributed by atoms with Crippen LogP contribution in [0.1, 0.15) is 107 Å². The van der Waals surface area contributed by atoms with Gasteiger partial charge in [0.2, 0.25) is 6.29 Å². The Morgan fingerprint density at radius 2 is 1.71 bits per heavy atom. The van der Waals surface area contributed by atoms with Crippen molar-refractivity contribution in [2.45, 2.75) is 149 Å². The van der Waals surface area contributed by atoms with E-state index in [0.29, 0.717) is 30.8 Å². The van der Waals surface area contributed by atoms with Gasteiger partial charge in [-0.3, -0.25) is 9.59 Å². The van der Waals surface area contributed by atoms with E-state index in [9.17, 15) is 24.6 Å². The molecule has 0 aromatic carbocycles. The molecule has 0 bridgehead atoms. The molecule has 9 heteroatoms. The SMILES string of the molecule is CC(=O)O[C@@H](C1C[C@@H](C)C2C(O1)[C@H](O)[C@@]1(C)[C@@H]3CC[C@H]4C(C)(C)[C@@H](O[C@@H](C=O)OCC=O)CCC45CC35CC[C@]21C)C(C)(C)O. The molecule has 2 spiro atoms. The van der Waals surface area contributed by atoms with Gasteiger partial charge in [0.1, 0.15) is 12.9 Å². The highest BCUT2D eigenvalue weighted by Crippen LogP contribution is 2.89. The summed E-state index contributed by atoms with van der Waals surface area (Å²) in [6, 6.07) is 0. The fraction of sp³-hybridized carbons (Fsp3) is 0.917. The zero-order valence-electron chi connectivity index (χ0n) is 28.5. The molecule has 1 heterocycles. The molecule has 2 N–H and O–H groups in total. The molecule has 45 heavy (non-hydrogen) atoms. The predicted octanol–water partition coefficient (Wildman–Crippen LogP) is 4.63. The van der Waals surface area contributed by atoms with Crippen LogP contribution < -0.4 is 0 Å². The molecule has 254 valence electrons. The number of rotatable bonds is 9. The van der Waals surface area contributed by atoms with Crippen molar-refractivity contribution in [3.05, 3.63) is 0 Å². The highest BCUT2D eigenvalue weighted by atomic mass is 16.7. The quantitative estimate of drug-likeness (QED) is 0.212. The minimum Gasteiger partial charge on any atom is -0.457 e. The number of aliphatic hydroxyl groups is 2. The molecule has 5 aliphatic carbocycles. The predicted molar refractivity (Wildman–Crippen MR) is 165 cm³/mol. The van der Waals surface area contributed by atoms with E-state index < -0.39 is 36.2 Å². The Hall–Kier alpha value is -1.39. The Kier molecular flexibility index (Phi) is 8.05.